The zero-order valence-electron chi connectivity index (χ0n) is 9.28. The van der Waals surface area contributed by atoms with Crippen molar-refractivity contribution in [1.29, 1.82) is 0 Å². The van der Waals surface area contributed by atoms with Crippen molar-refractivity contribution in [1.82, 2.24) is 4.98 Å². The third kappa shape index (κ3) is 2.43. The van der Waals surface area contributed by atoms with E-state index in [0.29, 0.717) is 6.04 Å². The molecule has 1 aliphatic rings. The summed E-state index contributed by atoms with van der Waals surface area (Å²) in [6.45, 7) is 3.41. The van der Waals surface area contributed by atoms with Crippen molar-refractivity contribution in [3.8, 4) is 0 Å². The summed E-state index contributed by atoms with van der Waals surface area (Å²) in [6, 6.07) is 0.665. The maximum absolute atomic E-state index is 5.74. The zero-order chi connectivity index (χ0) is 10.7. The monoisotopic (exact) mass is 225 g/mol. The molecule has 2 rings (SSSR count). The van der Waals surface area contributed by atoms with E-state index < -0.39 is 0 Å². The highest BCUT2D eigenvalue weighted by molar-refractivity contribution is 7.19. The third-order valence-corrected chi connectivity index (χ3v) is 3.97. The summed E-state index contributed by atoms with van der Waals surface area (Å²) in [6.07, 6.45) is 8.28. The third-order valence-electron chi connectivity index (χ3n) is 3.11. The van der Waals surface area contributed by atoms with E-state index in [1.54, 1.807) is 17.5 Å². The first-order valence-corrected chi connectivity index (χ1v) is 6.61. The summed E-state index contributed by atoms with van der Waals surface area (Å²) >= 11 is 1.62. The molecule has 1 aliphatic heterocycles. The molecule has 0 radical (unpaired) electrons. The highest BCUT2D eigenvalue weighted by Crippen LogP contribution is 2.30. The van der Waals surface area contributed by atoms with Crippen molar-refractivity contribution in [2.75, 3.05) is 17.2 Å². The molecule has 1 unspecified atom stereocenters. The Hall–Kier alpha value is -0.770. The molecule has 0 aliphatic carbocycles. The van der Waals surface area contributed by atoms with Crippen LogP contribution in [0, 0.1) is 0 Å². The van der Waals surface area contributed by atoms with Crippen molar-refractivity contribution >= 4 is 21.5 Å². The van der Waals surface area contributed by atoms with Gasteiger partial charge in [0.1, 0.15) is 5.00 Å². The van der Waals surface area contributed by atoms with Crippen molar-refractivity contribution in [3.63, 3.8) is 0 Å². The molecule has 1 atom stereocenters. The quantitative estimate of drug-likeness (QED) is 0.841. The van der Waals surface area contributed by atoms with E-state index in [1.807, 2.05) is 0 Å². The zero-order valence-corrected chi connectivity index (χ0v) is 10.1. The Kier molecular flexibility index (Phi) is 3.46. The number of anilines is 2. The number of thiazole rings is 1. The standard InChI is InChI=1S/C11H19N3S/c1-2-9-6-4-3-5-7-14(9)11-13-8-10(12)15-11/h8-9H,2-7,12H2,1H3. The Balaban J connectivity index is 2.16. The Labute approximate surface area is 95.3 Å². The van der Waals surface area contributed by atoms with E-state index in [-0.39, 0.29) is 0 Å². The molecule has 0 aromatic carbocycles. The molecular formula is C11H19N3S. The van der Waals surface area contributed by atoms with Gasteiger partial charge in [-0.15, -0.1) is 0 Å². The predicted octanol–water partition coefficient (Wildman–Crippen LogP) is 2.88. The van der Waals surface area contributed by atoms with Gasteiger partial charge in [0.25, 0.3) is 0 Å². The lowest BCUT2D eigenvalue weighted by Crippen LogP contribution is -2.34. The first-order chi connectivity index (χ1) is 7.31. The minimum absolute atomic E-state index is 0.665. The molecule has 4 heteroatoms. The van der Waals surface area contributed by atoms with Crippen LogP contribution in [-0.2, 0) is 0 Å². The van der Waals surface area contributed by atoms with Crippen LogP contribution in [0.1, 0.15) is 39.0 Å². The molecule has 2 heterocycles. The normalized spacial score (nSPS) is 22.7. The van der Waals surface area contributed by atoms with Crippen LogP contribution >= 0.6 is 11.3 Å². The van der Waals surface area contributed by atoms with E-state index in [9.17, 15) is 0 Å². The van der Waals surface area contributed by atoms with E-state index in [1.165, 1.54) is 32.1 Å². The maximum atomic E-state index is 5.74. The van der Waals surface area contributed by atoms with Gasteiger partial charge in [-0.1, -0.05) is 31.1 Å². The number of nitrogens with zero attached hydrogens (tertiary/aromatic N) is 2. The summed E-state index contributed by atoms with van der Waals surface area (Å²) in [5.41, 5.74) is 5.74. The summed E-state index contributed by atoms with van der Waals surface area (Å²) in [4.78, 5) is 6.85. The van der Waals surface area contributed by atoms with Gasteiger partial charge in [0, 0.05) is 12.6 Å². The first kappa shape index (κ1) is 10.7. The van der Waals surface area contributed by atoms with Crippen LogP contribution in [0.15, 0.2) is 6.20 Å². The number of rotatable bonds is 2. The molecule has 1 aromatic heterocycles. The van der Waals surface area contributed by atoms with Crippen molar-refractivity contribution in [3.05, 3.63) is 6.20 Å². The number of nitrogens with two attached hydrogens (primary N) is 1. The fraction of sp³-hybridized carbons (Fsp3) is 0.727. The lowest BCUT2D eigenvalue weighted by molar-refractivity contribution is 0.555. The Bertz CT molecular complexity index is 311. The van der Waals surface area contributed by atoms with Crippen molar-refractivity contribution in [2.45, 2.75) is 45.1 Å². The molecule has 0 bridgehead atoms. The minimum Gasteiger partial charge on any atom is -0.389 e. The van der Waals surface area contributed by atoms with E-state index in [4.69, 9.17) is 5.73 Å². The number of nitrogen functional groups attached to an aromatic ring is 1. The van der Waals surface area contributed by atoms with E-state index in [2.05, 4.69) is 16.8 Å². The highest BCUT2D eigenvalue weighted by Gasteiger charge is 2.21. The van der Waals surface area contributed by atoms with Crippen LogP contribution in [0.4, 0.5) is 10.1 Å². The second-order valence-electron chi connectivity index (χ2n) is 4.15. The van der Waals surface area contributed by atoms with Gasteiger partial charge >= 0.3 is 0 Å². The average Bonchev–Trinajstić information content (AvgIpc) is 2.54. The van der Waals surface area contributed by atoms with Gasteiger partial charge < -0.3 is 10.6 Å². The maximum Gasteiger partial charge on any atom is 0.187 e. The molecule has 84 valence electrons. The molecule has 0 spiro atoms. The molecule has 1 aromatic rings. The van der Waals surface area contributed by atoms with Crippen molar-refractivity contribution < 1.29 is 0 Å². The molecule has 0 saturated carbocycles. The molecule has 0 amide bonds. The average molecular weight is 225 g/mol. The molecule has 2 N–H and O–H groups in total. The van der Waals surface area contributed by atoms with Gasteiger partial charge in [0.05, 0.1) is 6.20 Å². The second kappa shape index (κ2) is 4.84. The van der Waals surface area contributed by atoms with Gasteiger partial charge in [0.15, 0.2) is 5.13 Å². The highest BCUT2D eigenvalue weighted by atomic mass is 32.1. The molecule has 1 saturated heterocycles. The number of hydrogen-bond donors (Lipinski definition) is 1. The Morgan fingerprint density at radius 3 is 3.07 bits per heavy atom. The molecular weight excluding hydrogens is 206 g/mol. The topological polar surface area (TPSA) is 42.2 Å². The van der Waals surface area contributed by atoms with Crippen LogP contribution < -0.4 is 10.6 Å². The minimum atomic E-state index is 0.665. The Morgan fingerprint density at radius 2 is 2.40 bits per heavy atom. The fourth-order valence-electron chi connectivity index (χ4n) is 2.26. The first-order valence-electron chi connectivity index (χ1n) is 5.79. The van der Waals surface area contributed by atoms with Crippen LogP contribution in [0.2, 0.25) is 0 Å². The smallest absolute Gasteiger partial charge is 0.187 e. The van der Waals surface area contributed by atoms with Gasteiger partial charge in [-0.05, 0) is 19.3 Å². The molecule has 1 fully saturated rings. The van der Waals surface area contributed by atoms with Crippen LogP contribution in [-0.4, -0.2) is 17.6 Å². The summed E-state index contributed by atoms with van der Waals surface area (Å²) in [7, 11) is 0. The summed E-state index contributed by atoms with van der Waals surface area (Å²) < 4.78 is 0. The molecule has 15 heavy (non-hydrogen) atoms. The fourth-order valence-corrected chi connectivity index (χ4v) is 3.04. The number of hydrogen-bond acceptors (Lipinski definition) is 4. The van der Waals surface area contributed by atoms with Crippen LogP contribution in [0.3, 0.4) is 0 Å². The van der Waals surface area contributed by atoms with Crippen LogP contribution in [0.5, 0.6) is 0 Å². The van der Waals surface area contributed by atoms with E-state index >= 15 is 0 Å². The van der Waals surface area contributed by atoms with Gasteiger partial charge in [-0.3, -0.25) is 0 Å². The van der Waals surface area contributed by atoms with Crippen molar-refractivity contribution in [2.24, 2.45) is 0 Å². The molecule has 3 nitrogen and oxygen atoms in total. The lowest BCUT2D eigenvalue weighted by Gasteiger charge is -2.28. The number of aromatic nitrogens is 1. The van der Waals surface area contributed by atoms with Gasteiger partial charge in [-0.2, -0.15) is 0 Å². The predicted molar refractivity (Wildman–Crippen MR) is 66.4 cm³/mol. The SMILES string of the molecule is CCC1CCCCCN1c1ncc(N)s1. The summed E-state index contributed by atoms with van der Waals surface area (Å²) in [5, 5.41) is 1.94. The van der Waals surface area contributed by atoms with E-state index in [0.717, 1.165) is 16.7 Å². The Morgan fingerprint density at radius 1 is 1.53 bits per heavy atom. The van der Waals surface area contributed by atoms with Crippen LogP contribution in [0.25, 0.3) is 0 Å². The van der Waals surface area contributed by atoms with Gasteiger partial charge in [0.2, 0.25) is 0 Å². The second-order valence-corrected chi connectivity index (χ2v) is 5.19. The largest absolute Gasteiger partial charge is 0.389 e. The van der Waals surface area contributed by atoms with Gasteiger partial charge in [-0.25, -0.2) is 4.98 Å². The summed E-state index contributed by atoms with van der Waals surface area (Å²) in [5.74, 6) is 0. The lowest BCUT2D eigenvalue weighted by atomic mass is 10.1.